The van der Waals surface area contributed by atoms with Gasteiger partial charge in [0.2, 0.25) is 15.9 Å². The highest BCUT2D eigenvalue weighted by Crippen LogP contribution is 2.22. The number of rotatable bonds is 8. The van der Waals surface area contributed by atoms with Crippen LogP contribution in [0.2, 0.25) is 0 Å². The average molecular weight is 428 g/mol. The maximum atomic E-state index is 13.3. The average Bonchev–Trinajstić information content (AvgIpc) is 2.71. The van der Waals surface area contributed by atoms with Crippen molar-refractivity contribution in [2.45, 2.75) is 6.61 Å². The second kappa shape index (κ2) is 9.41. The van der Waals surface area contributed by atoms with Crippen LogP contribution < -0.4 is 14.4 Å². The maximum Gasteiger partial charge on any atom is 0.245 e. The lowest BCUT2D eigenvalue weighted by Crippen LogP contribution is -2.37. The molecule has 1 N–H and O–H groups in total. The lowest BCUT2D eigenvalue weighted by Gasteiger charge is -2.22. The summed E-state index contributed by atoms with van der Waals surface area (Å²) in [5, 5.41) is 2.50. The third-order valence-electron chi connectivity index (χ3n) is 4.17. The van der Waals surface area contributed by atoms with Gasteiger partial charge in [-0.1, -0.05) is 36.4 Å². The molecule has 30 heavy (non-hydrogen) atoms. The summed E-state index contributed by atoms with van der Waals surface area (Å²) < 4.78 is 44.4. The Morgan fingerprint density at radius 3 is 2.33 bits per heavy atom. The van der Waals surface area contributed by atoms with Crippen molar-refractivity contribution in [1.82, 2.24) is 0 Å². The van der Waals surface area contributed by atoms with Crippen LogP contribution in [0.3, 0.4) is 0 Å². The molecule has 0 aliphatic heterocycles. The van der Waals surface area contributed by atoms with Crippen LogP contribution in [0, 0.1) is 5.82 Å². The first-order valence-corrected chi connectivity index (χ1v) is 11.0. The topological polar surface area (TPSA) is 75.7 Å². The van der Waals surface area contributed by atoms with E-state index in [2.05, 4.69) is 5.32 Å². The molecule has 0 bridgehead atoms. The highest BCUT2D eigenvalue weighted by atomic mass is 32.2. The summed E-state index contributed by atoms with van der Waals surface area (Å²) in [6.45, 7) is -0.0639. The Labute approximate surface area is 175 Å². The quantitative estimate of drug-likeness (QED) is 0.592. The van der Waals surface area contributed by atoms with Gasteiger partial charge in [-0.2, -0.15) is 0 Å². The maximum absolute atomic E-state index is 13.3. The van der Waals surface area contributed by atoms with E-state index in [0.717, 1.165) is 22.2 Å². The van der Waals surface area contributed by atoms with Crippen molar-refractivity contribution in [3.05, 3.63) is 90.2 Å². The molecule has 0 fully saturated rings. The lowest BCUT2D eigenvalue weighted by atomic mass is 10.2. The smallest absolute Gasteiger partial charge is 0.245 e. The van der Waals surface area contributed by atoms with Gasteiger partial charge in [-0.05, 0) is 48.0 Å². The Morgan fingerprint density at radius 1 is 1.00 bits per heavy atom. The first-order chi connectivity index (χ1) is 14.3. The summed E-state index contributed by atoms with van der Waals surface area (Å²) in [4.78, 5) is 12.3. The molecule has 0 saturated carbocycles. The van der Waals surface area contributed by atoms with Crippen molar-refractivity contribution in [2.75, 3.05) is 22.4 Å². The highest BCUT2D eigenvalue weighted by Gasteiger charge is 2.21. The molecule has 0 aliphatic carbocycles. The largest absolute Gasteiger partial charge is 0.489 e. The normalized spacial score (nSPS) is 11.0. The summed E-state index contributed by atoms with van der Waals surface area (Å²) in [7, 11) is -3.72. The molecule has 0 spiro atoms. The minimum atomic E-state index is -3.72. The zero-order chi connectivity index (χ0) is 21.6. The highest BCUT2D eigenvalue weighted by molar-refractivity contribution is 7.92. The predicted molar refractivity (Wildman–Crippen MR) is 114 cm³/mol. The number of nitrogens with one attached hydrogen (secondary N) is 1. The molecular weight excluding hydrogens is 407 g/mol. The second-order valence-electron chi connectivity index (χ2n) is 6.60. The number of nitrogens with zero attached hydrogens (tertiary/aromatic N) is 1. The molecule has 0 aliphatic rings. The van der Waals surface area contributed by atoms with Crippen molar-refractivity contribution >= 4 is 27.3 Å². The monoisotopic (exact) mass is 428 g/mol. The first-order valence-electron chi connectivity index (χ1n) is 9.11. The summed E-state index contributed by atoms with van der Waals surface area (Å²) in [6.07, 6.45) is 1.02. The fourth-order valence-corrected chi connectivity index (χ4v) is 3.60. The van der Waals surface area contributed by atoms with Crippen molar-refractivity contribution in [3.8, 4) is 5.75 Å². The molecule has 0 radical (unpaired) electrons. The van der Waals surface area contributed by atoms with Crippen LogP contribution in [0.25, 0.3) is 0 Å². The third kappa shape index (κ3) is 6.05. The Morgan fingerprint density at radius 2 is 1.70 bits per heavy atom. The van der Waals surface area contributed by atoms with Gasteiger partial charge in [-0.15, -0.1) is 0 Å². The Kier molecular flexibility index (Phi) is 6.68. The summed E-state index contributed by atoms with van der Waals surface area (Å²) in [6, 6.07) is 21.4. The van der Waals surface area contributed by atoms with Gasteiger partial charge in [0.15, 0.2) is 0 Å². The minimum absolute atomic E-state index is 0.248. The molecule has 0 saturated heterocycles. The minimum Gasteiger partial charge on any atom is -0.489 e. The van der Waals surface area contributed by atoms with Crippen molar-refractivity contribution in [3.63, 3.8) is 0 Å². The van der Waals surface area contributed by atoms with Crippen LogP contribution in [0.15, 0.2) is 78.9 Å². The SMILES string of the molecule is CS(=O)(=O)N(CC(=O)Nc1cccc(F)c1)c1ccc(OCc2ccccc2)cc1. The number of halogens is 1. The van der Waals surface area contributed by atoms with E-state index in [0.29, 0.717) is 18.0 Å². The number of amides is 1. The molecule has 3 aromatic rings. The Bertz CT molecular complexity index is 1100. The number of anilines is 2. The van der Waals surface area contributed by atoms with Gasteiger partial charge in [-0.25, -0.2) is 12.8 Å². The van der Waals surface area contributed by atoms with Crippen molar-refractivity contribution < 1.29 is 22.3 Å². The van der Waals surface area contributed by atoms with Gasteiger partial charge < -0.3 is 10.1 Å². The molecule has 0 aromatic heterocycles. The molecule has 3 rings (SSSR count). The molecular formula is C22H21FN2O4S. The van der Waals surface area contributed by atoms with E-state index >= 15 is 0 Å². The number of benzene rings is 3. The van der Waals surface area contributed by atoms with E-state index in [-0.39, 0.29) is 5.69 Å². The second-order valence-corrected chi connectivity index (χ2v) is 8.50. The molecule has 8 heteroatoms. The molecule has 6 nitrogen and oxygen atoms in total. The lowest BCUT2D eigenvalue weighted by molar-refractivity contribution is -0.114. The molecule has 0 heterocycles. The van der Waals surface area contributed by atoms with Crippen LogP contribution >= 0.6 is 0 Å². The molecule has 3 aromatic carbocycles. The number of ether oxygens (including phenoxy) is 1. The van der Waals surface area contributed by atoms with E-state index in [9.17, 15) is 17.6 Å². The first kappa shape index (κ1) is 21.3. The summed E-state index contributed by atoms with van der Waals surface area (Å²) in [5.41, 5.74) is 1.57. The van der Waals surface area contributed by atoms with E-state index in [1.807, 2.05) is 30.3 Å². The Balaban J connectivity index is 1.68. The van der Waals surface area contributed by atoms with Gasteiger partial charge >= 0.3 is 0 Å². The van der Waals surface area contributed by atoms with Crippen molar-refractivity contribution in [1.29, 1.82) is 0 Å². The van der Waals surface area contributed by atoms with Gasteiger partial charge in [0, 0.05) is 5.69 Å². The van der Waals surface area contributed by atoms with Crippen molar-refractivity contribution in [2.24, 2.45) is 0 Å². The van der Waals surface area contributed by atoms with E-state index < -0.39 is 28.3 Å². The third-order valence-corrected chi connectivity index (χ3v) is 5.31. The predicted octanol–water partition coefficient (Wildman–Crippen LogP) is 3.81. The van der Waals surface area contributed by atoms with E-state index in [1.54, 1.807) is 24.3 Å². The van der Waals surface area contributed by atoms with Crippen LogP contribution in [0.1, 0.15) is 5.56 Å². The molecule has 0 unspecified atom stereocenters. The van der Waals surface area contributed by atoms with Gasteiger partial charge in [0.1, 0.15) is 24.7 Å². The molecule has 156 valence electrons. The van der Waals surface area contributed by atoms with Crippen LogP contribution in [0.5, 0.6) is 5.75 Å². The number of hydrogen-bond acceptors (Lipinski definition) is 4. The fraction of sp³-hybridized carbons (Fsp3) is 0.136. The zero-order valence-electron chi connectivity index (χ0n) is 16.3. The zero-order valence-corrected chi connectivity index (χ0v) is 17.1. The Hall–Kier alpha value is -3.39. The summed E-state index contributed by atoms with van der Waals surface area (Å²) in [5.74, 6) is -0.519. The fourth-order valence-electron chi connectivity index (χ4n) is 2.75. The van der Waals surface area contributed by atoms with Crippen LogP contribution in [-0.2, 0) is 21.4 Å². The number of hydrogen-bond donors (Lipinski definition) is 1. The molecule has 0 atom stereocenters. The van der Waals surface area contributed by atoms with E-state index in [4.69, 9.17) is 4.74 Å². The van der Waals surface area contributed by atoms with Crippen LogP contribution in [-0.4, -0.2) is 27.1 Å². The van der Waals surface area contributed by atoms with Gasteiger partial charge in [-0.3, -0.25) is 9.10 Å². The standard InChI is InChI=1S/C22H21FN2O4S/c1-30(27,28)25(15-22(26)24-19-9-5-8-18(23)14-19)20-10-12-21(13-11-20)29-16-17-6-3-2-4-7-17/h2-14H,15-16H2,1H3,(H,24,26). The van der Waals surface area contributed by atoms with Crippen LogP contribution in [0.4, 0.5) is 15.8 Å². The number of carbonyl (C=O) groups excluding carboxylic acids is 1. The van der Waals surface area contributed by atoms with Gasteiger partial charge in [0.05, 0.1) is 11.9 Å². The van der Waals surface area contributed by atoms with E-state index in [1.165, 1.54) is 18.2 Å². The van der Waals surface area contributed by atoms with Gasteiger partial charge in [0.25, 0.3) is 0 Å². The molecule has 1 amide bonds. The number of carbonyl (C=O) groups is 1. The number of sulfonamides is 1. The summed E-state index contributed by atoms with van der Waals surface area (Å²) >= 11 is 0.